The molecule has 2 rings (SSSR count). The maximum atomic E-state index is 9.38. The zero-order valence-electron chi connectivity index (χ0n) is 11.0. The largest absolute Gasteiger partial charge is 0.493 e. The fraction of sp³-hybridized carbons (Fsp3) is 0.214. The van der Waals surface area contributed by atoms with Crippen LogP contribution >= 0.6 is 11.6 Å². The molecule has 0 aliphatic rings. The standard InChI is InChI=1S/C14H12ClN3O2/c1-19-12-4-3-9(5-13(12)20-2)10(6-16)11-7-17-8-14(15)18-11/h3-5,7-8,10H,1-2H3/t10-/m0/s1. The van der Waals surface area contributed by atoms with E-state index in [-0.39, 0.29) is 5.15 Å². The fourth-order valence-electron chi connectivity index (χ4n) is 1.84. The molecule has 0 saturated carbocycles. The molecule has 0 unspecified atom stereocenters. The first kappa shape index (κ1) is 14.1. The molecular formula is C14H12ClN3O2. The van der Waals surface area contributed by atoms with Crippen LogP contribution in [0.25, 0.3) is 0 Å². The molecule has 20 heavy (non-hydrogen) atoms. The summed E-state index contributed by atoms with van der Waals surface area (Å²) in [6, 6.07) is 7.47. The van der Waals surface area contributed by atoms with Crippen molar-refractivity contribution in [1.29, 1.82) is 5.26 Å². The second kappa shape index (κ2) is 6.22. The van der Waals surface area contributed by atoms with Gasteiger partial charge in [0, 0.05) is 0 Å². The van der Waals surface area contributed by atoms with Crippen molar-refractivity contribution in [2.75, 3.05) is 14.2 Å². The Hall–Kier alpha value is -2.32. The monoisotopic (exact) mass is 289 g/mol. The van der Waals surface area contributed by atoms with Gasteiger partial charge in [0.25, 0.3) is 0 Å². The number of aromatic nitrogens is 2. The van der Waals surface area contributed by atoms with E-state index < -0.39 is 5.92 Å². The Morgan fingerprint density at radius 1 is 1.20 bits per heavy atom. The van der Waals surface area contributed by atoms with Gasteiger partial charge in [-0.05, 0) is 17.7 Å². The Bertz CT molecular complexity index is 655. The molecule has 0 fully saturated rings. The zero-order valence-corrected chi connectivity index (χ0v) is 11.8. The third-order valence-corrected chi connectivity index (χ3v) is 2.97. The highest BCUT2D eigenvalue weighted by atomic mass is 35.5. The van der Waals surface area contributed by atoms with Gasteiger partial charge in [0.15, 0.2) is 11.5 Å². The summed E-state index contributed by atoms with van der Waals surface area (Å²) in [4.78, 5) is 8.08. The summed E-state index contributed by atoms with van der Waals surface area (Å²) in [6.07, 6.45) is 2.95. The van der Waals surface area contributed by atoms with Gasteiger partial charge in [0.1, 0.15) is 11.1 Å². The summed E-state index contributed by atoms with van der Waals surface area (Å²) >= 11 is 5.81. The molecule has 102 valence electrons. The number of nitriles is 1. The summed E-state index contributed by atoms with van der Waals surface area (Å²) in [5.41, 5.74) is 1.23. The molecule has 1 heterocycles. The van der Waals surface area contributed by atoms with Crippen LogP contribution in [-0.2, 0) is 0 Å². The van der Waals surface area contributed by atoms with Gasteiger partial charge >= 0.3 is 0 Å². The van der Waals surface area contributed by atoms with E-state index in [9.17, 15) is 5.26 Å². The van der Waals surface area contributed by atoms with Crippen LogP contribution in [0.1, 0.15) is 17.2 Å². The van der Waals surface area contributed by atoms with Crippen LogP contribution in [0.5, 0.6) is 11.5 Å². The van der Waals surface area contributed by atoms with Crippen molar-refractivity contribution in [3.63, 3.8) is 0 Å². The topological polar surface area (TPSA) is 68.0 Å². The van der Waals surface area contributed by atoms with Gasteiger partial charge in [-0.25, -0.2) is 4.98 Å². The van der Waals surface area contributed by atoms with Gasteiger partial charge in [-0.1, -0.05) is 17.7 Å². The first-order chi connectivity index (χ1) is 9.69. The van der Waals surface area contributed by atoms with Gasteiger partial charge < -0.3 is 9.47 Å². The van der Waals surface area contributed by atoms with Crippen molar-refractivity contribution >= 4 is 11.6 Å². The van der Waals surface area contributed by atoms with Gasteiger partial charge in [0.2, 0.25) is 0 Å². The summed E-state index contributed by atoms with van der Waals surface area (Å²) < 4.78 is 10.4. The minimum absolute atomic E-state index is 0.253. The van der Waals surface area contributed by atoms with E-state index >= 15 is 0 Å². The number of ether oxygens (including phenoxy) is 2. The number of hydrogen-bond acceptors (Lipinski definition) is 5. The molecule has 1 atom stereocenters. The van der Waals surface area contributed by atoms with E-state index in [4.69, 9.17) is 21.1 Å². The Balaban J connectivity index is 2.45. The number of benzene rings is 1. The van der Waals surface area contributed by atoms with E-state index in [2.05, 4.69) is 16.0 Å². The molecule has 5 nitrogen and oxygen atoms in total. The maximum Gasteiger partial charge on any atom is 0.161 e. The SMILES string of the molecule is COc1ccc([C@H](C#N)c2cncc(Cl)n2)cc1OC. The van der Waals surface area contributed by atoms with E-state index in [0.29, 0.717) is 17.2 Å². The normalized spacial score (nSPS) is 11.5. The molecule has 0 aliphatic heterocycles. The van der Waals surface area contributed by atoms with Gasteiger partial charge in [-0.3, -0.25) is 4.98 Å². The molecule has 0 bridgehead atoms. The summed E-state index contributed by atoms with van der Waals surface area (Å²) in [5.74, 6) is 0.589. The van der Waals surface area contributed by atoms with Crippen LogP contribution < -0.4 is 9.47 Å². The molecule has 2 aromatic rings. The van der Waals surface area contributed by atoms with Crippen LogP contribution in [0.4, 0.5) is 0 Å². The molecule has 0 amide bonds. The van der Waals surface area contributed by atoms with Crippen molar-refractivity contribution in [2.24, 2.45) is 0 Å². The predicted octanol–water partition coefficient (Wildman–Crippen LogP) is 2.80. The highest BCUT2D eigenvalue weighted by Crippen LogP contribution is 2.32. The smallest absolute Gasteiger partial charge is 0.161 e. The van der Waals surface area contributed by atoms with E-state index in [1.807, 2.05) is 0 Å². The van der Waals surface area contributed by atoms with Crippen LogP contribution in [0.2, 0.25) is 5.15 Å². The van der Waals surface area contributed by atoms with Gasteiger partial charge in [-0.2, -0.15) is 5.26 Å². The second-order valence-corrected chi connectivity index (χ2v) is 4.33. The molecule has 6 heteroatoms. The summed E-state index contributed by atoms with van der Waals surface area (Å²) in [6.45, 7) is 0. The molecule has 1 aromatic carbocycles. The molecule has 0 aliphatic carbocycles. The first-order valence-corrected chi connectivity index (χ1v) is 6.16. The van der Waals surface area contributed by atoms with Crippen LogP contribution in [0.3, 0.4) is 0 Å². The fourth-order valence-corrected chi connectivity index (χ4v) is 1.99. The molecule has 0 radical (unpaired) electrons. The molecule has 0 saturated heterocycles. The lowest BCUT2D eigenvalue weighted by Crippen LogP contribution is -2.03. The maximum absolute atomic E-state index is 9.38. The van der Waals surface area contributed by atoms with E-state index in [0.717, 1.165) is 5.56 Å². The molecule has 0 N–H and O–H groups in total. The third-order valence-electron chi connectivity index (χ3n) is 2.79. The van der Waals surface area contributed by atoms with Crippen LogP contribution in [-0.4, -0.2) is 24.2 Å². The first-order valence-electron chi connectivity index (χ1n) is 5.78. The van der Waals surface area contributed by atoms with Crippen molar-refractivity contribution in [3.8, 4) is 17.6 Å². The van der Waals surface area contributed by atoms with Crippen molar-refractivity contribution in [2.45, 2.75) is 5.92 Å². The number of hydrogen-bond donors (Lipinski definition) is 0. The lowest BCUT2D eigenvalue weighted by Gasteiger charge is -2.12. The Kier molecular flexibility index (Phi) is 4.38. The lowest BCUT2D eigenvalue weighted by atomic mass is 9.97. The average molecular weight is 290 g/mol. The number of rotatable bonds is 4. The lowest BCUT2D eigenvalue weighted by molar-refractivity contribution is 0.354. The van der Waals surface area contributed by atoms with Crippen molar-refractivity contribution in [1.82, 2.24) is 9.97 Å². The van der Waals surface area contributed by atoms with Crippen LogP contribution in [0, 0.1) is 11.3 Å². The summed E-state index contributed by atoms with van der Waals surface area (Å²) in [5, 5.41) is 9.63. The Labute approximate surface area is 121 Å². The molecular weight excluding hydrogens is 278 g/mol. The Morgan fingerprint density at radius 3 is 2.55 bits per heavy atom. The second-order valence-electron chi connectivity index (χ2n) is 3.94. The average Bonchev–Trinajstić information content (AvgIpc) is 2.48. The highest BCUT2D eigenvalue weighted by Gasteiger charge is 2.18. The van der Waals surface area contributed by atoms with E-state index in [1.165, 1.54) is 12.4 Å². The quantitative estimate of drug-likeness (QED) is 0.866. The minimum atomic E-state index is -0.569. The van der Waals surface area contributed by atoms with E-state index in [1.54, 1.807) is 32.4 Å². The predicted molar refractivity (Wildman–Crippen MR) is 74.0 cm³/mol. The number of methoxy groups -OCH3 is 2. The number of halogens is 1. The minimum Gasteiger partial charge on any atom is -0.493 e. The van der Waals surface area contributed by atoms with Crippen LogP contribution in [0.15, 0.2) is 30.6 Å². The number of nitrogens with zero attached hydrogens (tertiary/aromatic N) is 3. The molecule has 0 spiro atoms. The highest BCUT2D eigenvalue weighted by molar-refractivity contribution is 6.29. The molecule has 1 aromatic heterocycles. The van der Waals surface area contributed by atoms with Crippen molar-refractivity contribution in [3.05, 3.63) is 47.0 Å². The Morgan fingerprint density at radius 2 is 1.95 bits per heavy atom. The zero-order chi connectivity index (χ0) is 14.5. The van der Waals surface area contributed by atoms with Crippen molar-refractivity contribution < 1.29 is 9.47 Å². The van der Waals surface area contributed by atoms with Gasteiger partial charge in [0.05, 0.1) is 38.4 Å². The van der Waals surface area contributed by atoms with Gasteiger partial charge in [-0.15, -0.1) is 0 Å². The third kappa shape index (κ3) is 2.81. The summed E-state index contributed by atoms with van der Waals surface area (Å²) in [7, 11) is 3.10.